The maximum Gasteiger partial charge on any atom is 0.315 e. The molecule has 0 spiro atoms. The van der Waals surface area contributed by atoms with Crippen LogP contribution < -0.4 is 10.6 Å². The lowest BCUT2D eigenvalue weighted by Gasteiger charge is -2.01. The minimum Gasteiger partial charge on any atom is -0.407 e. The first kappa shape index (κ1) is 14.9. The highest BCUT2D eigenvalue weighted by atomic mass is 32.2. The summed E-state index contributed by atoms with van der Waals surface area (Å²) < 4.78 is 27.8. The van der Waals surface area contributed by atoms with E-state index in [-0.39, 0.29) is 24.1 Å². The van der Waals surface area contributed by atoms with Crippen molar-refractivity contribution < 1.29 is 12.8 Å². The van der Waals surface area contributed by atoms with Crippen molar-refractivity contribution in [1.82, 2.24) is 15.5 Å². The van der Waals surface area contributed by atoms with Crippen LogP contribution in [0, 0.1) is 0 Å². The number of nitrogens with zero attached hydrogens (tertiary/aromatic N) is 2. The third kappa shape index (κ3) is 5.46. The zero-order valence-electron chi connectivity index (χ0n) is 10.8. The van der Waals surface area contributed by atoms with E-state index in [1.54, 1.807) is 6.92 Å². The molecule has 8 heteroatoms. The molecule has 0 unspecified atom stereocenters. The Bertz CT molecular complexity index is 444. The van der Waals surface area contributed by atoms with Crippen molar-refractivity contribution in [1.29, 1.82) is 0 Å². The molecule has 1 rings (SSSR count). The molecule has 0 aliphatic heterocycles. The van der Waals surface area contributed by atoms with E-state index in [4.69, 9.17) is 4.42 Å². The van der Waals surface area contributed by atoms with Crippen molar-refractivity contribution in [2.24, 2.45) is 0 Å². The summed E-state index contributed by atoms with van der Waals surface area (Å²) >= 11 is 0. The van der Waals surface area contributed by atoms with Crippen LogP contribution in [0.2, 0.25) is 0 Å². The molecule has 104 valence electrons. The van der Waals surface area contributed by atoms with Gasteiger partial charge >= 0.3 is 6.01 Å². The second kappa shape index (κ2) is 7.32. The van der Waals surface area contributed by atoms with E-state index in [1.165, 1.54) is 0 Å². The molecule has 0 atom stereocenters. The zero-order valence-corrected chi connectivity index (χ0v) is 11.6. The van der Waals surface area contributed by atoms with E-state index >= 15 is 0 Å². The Labute approximate surface area is 107 Å². The second-order valence-electron chi connectivity index (χ2n) is 3.84. The van der Waals surface area contributed by atoms with Crippen molar-refractivity contribution in [3.8, 4) is 0 Å². The van der Waals surface area contributed by atoms with Gasteiger partial charge in [0.15, 0.2) is 9.84 Å². The van der Waals surface area contributed by atoms with Crippen LogP contribution in [-0.2, 0) is 16.4 Å². The third-order valence-corrected chi connectivity index (χ3v) is 4.00. The van der Waals surface area contributed by atoms with Crippen LogP contribution >= 0.6 is 0 Å². The molecule has 18 heavy (non-hydrogen) atoms. The normalized spacial score (nSPS) is 11.7. The summed E-state index contributed by atoms with van der Waals surface area (Å²) in [6.07, 6.45) is 1.04. The molecule has 0 saturated carbocycles. The second-order valence-corrected chi connectivity index (χ2v) is 6.31. The third-order valence-electron chi connectivity index (χ3n) is 2.30. The van der Waals surface area contributed by atoms with Crippen molar-refractivity contribution in [3.63, 3.8) is 0 Å². The maximum absolute atomic E-state index is 11.3. The standard InChI is InChI=1S/C10H20N4O3S/c1-3-5-11-8-9-13-14-10(17-9)12-6-7-18(15,16)4-2/h11H,3-8H2,1-2H3,(H,12,14). The van der Waals surface area contributed by atoms with Gasteiger partial charge in [0, 0.05) is 12.3 Å². The number of sulfone groups is 1. The van der Waals surface area contributed by atoms with E-state index in [9.17, 15) is 8.42 Å². The Morgan fingerprint density at radius 1 is 1.22 bits per heavy atom. The Morgan fingerprint density at radius 2 is 2.00 bits per heavy atom. The molecule has 0 amide bonds. The minimum atomic E-state index is -2.97. The molecule has 7 nitrogen and oxygen atoms in total. The summed E-state index contributed by atoms with van der Waals surface area (Å²) in [5.41, 5.74) is 0. The molecule has 0 aliphatic carbocycles. The average Bonchev–Trinajstić information content (AvgIpc) is 2.77. The minimum absolute atomic E-state index is 0.0648. The number of nitrogens with one attached hydrogen (secondary N) is 2. The zero-order chi connectivity index (χ0) is 13.4. The molecule has 0 saturated heterocycles. The number of aromatic nitrogens is 2. The number of hydrogen-bond acceptors (Lipinski definition) is 7. The molecule has 0 radical (unpaired) electrons. The Hall–Kier alpha value is -1.15. The molecular formula is C10H20N4O3S. The van der Waals surface area contributed by atoms with E-state index in [1.807, 2.05) is 0 Å². The summed E-state index contributed by atoms with van der Waals surface area (Å²) in [5.74, 6) is 0.698. The van der Waals surface area contributed by atoms with E-state index in [0.29, 0.717) is 12.4 Å². The van der Waals surface area contributed by atoms with Crippen molar-refractivity contribution >= 4 is 15.9 Å². The molecule has 0 aliphatic rings. The topological polar surface area (TPSA) is 97.1 Å². The van der Waals surface area contributed by atoms with Gasteiger partial charge in [0.05, 0.1) is 12.3 Å². The average molecular weight is 276 g/mol. The molecule has 1 heterocycles. The fourth-order valence-corrected chi connectivity index (χ4v) is 1.93. The van der Waals surface area contributed by atoms with Crippen LogP contribution in [-0.4, -0.2) is 43.2 Å². The highest BCUT2D eigenvalue weighted by Gasteiger charge is 2.09. The van der Waals surface area contributed by atoms with Gasteiger partial charge in [-0.05, 0) is 13.0 Å². The van der Waals surface area contributed by atoms with Crippen molar-refractivity contribution in [3.05, 3.63) is 5.89 Å². The summed E-state index contributed by atoms with van der Waals surface area (Å²) in [4.78, 5) is 0. The summed E-state index contributed by atoms with van der Waals surface area (Å²) in [7, 11) is -2.97. The van der Waals surface area contributed by atoms with Crippen LogP contribution in [0.3, 0.4) is 0 Å². The summed E-state index contributed by atoms with van der Waals surface area (Å²) in [5, 5.41) is 13.5. The molecule has 0 bridgehead atoms. The lowest BCUT2D eigenvalue weighted by molar-refractivity contribution is 0.477. The van der Waals surface area contributed by atoms with E-state index in [2.05, 4.69) is 27.8 Å². The van der Waals surface area contributed by atoms with Gasteiger partial charge in [-0.2, -0.15) is 0 Å². The number of rotatable bonds is 9. The van der Waals surface area contributed by atoms with Gasteiger partial charge < -0.3 is 15.1 Å². The van der Waals surface area contributed by atoms with Crippen molar-refractivity contribution in [2.75, 3.05) is 29.9 Å². The quantitative estimate of drug-likeness (QED) is 0.631. The van der Waals surface area contributed by atoms with Crippen LogP contribution in [0.15, 0.2) is 4.42 Å². The largest absolute Gasteiger partial charge is 0.407 e. The maximum atomic E-state index is 11.3. The van der Waals surface area contributed by atoms with Gasteiger partial charge in [-0.25, -0.2) is 8.42 Å². The first-order valence-corrected chi connectivity index (χ1v) is 7.87. The fraction of sp³-hybridized carbons (Fsp3) is 0.800. The van der Waals surface area contributed by atoms with Crippen LogP contribution in [0.5, 0.6) is 0 Å². The SMILES string of the molecule is CCCNCc1nnc(NCCS(=O)(=O)CC)o1. The van der Waals surface area contributed by atoms with E-state index < -0.39 is 9.84 Å². The highest BCUT2D eigenvalue weighted by molar-refractivity contribution is 7.91. The molecular weight excluding hydrogens is 256 g/mol. The molecule has 1 aromatic rings. The predicted molar refractivity (Wildman–Crippen MR) is 69.1 cm³/mol. The predicted octanol–water partition coefficient (Wildman–Crippen LogP) is 0.416. The van der Waals surface area contributed by atoms with Gasteiger partial charge in [-0.1, -0.05) is 18.9 Å². The van der Waals surface area contributed by atoms with Crippen LogP contribution in [0.1, 0.15) is 26.2 Å². The molecule has 0 fully saturated rings. The monoisotopic (exact) mass is 276 g/mol. The van der Waals surface area contributed by atoms with Crippen LogP contribution in [0.25, 0.3) is 0 Å². The Balaban J connectivity index is 2.31. The lowest BCUT2D eigenvalue weighted by atomic mass is 10.5. The summed E-state index contributed by atoms with van der Waals surface area (Å²) in [6, 6.07) is 0.259. The van der Waals surface area contributed by atoms with Gasteiger partial charge in [0.1, 0.15) is 0 Å². The first-order chi connectivity index (χ1) is 8.57. The van der Waals surface area contributed by atoms with E-state index in [0.717, 1.165) is 13.0 Å². The molecule has 2 N–H and O–H groups in total. The lowest BCUT2D eigenvalue weighted by Crippen LogP contribution is -2.17. The van der Waals surface area contributed by atoms with Gasteiger partial charge in [-0.15, -0.1) is 5.10 Å². The Kier molecular flexibility index (Phi) is 6.06. The number of anilines is 1. The van der Waals surface area contributed by atoms with Gasteiger partial charge in [-0.3, -0.25) is 0 Å². The van der Waals surface area contributed by atoms with Gasteiger partial charge in [0.2, 0.25) is 5.89 Å². The molecule has 1 aromatic heterocycles. The fourth-order valence-electron chi connectivity index (χ4n) is 1.23. The molecule has 0 aromatic carbocycles. The Morgan fingerprint density at radius 3 is 2.67 bits per heavy atom. The highest BCUT2D eigenvalue weighted by Crippen LogP contribution is 2.04. The van der Waals surface area contributed by atoms with Gasteiger partial charge in [0.25, 0.3) is 0 Å². The number of hydrogen-bond donors (Lipinski definition) is 2. The van der Waals surface area contributed by atoms with Crippen molar-refractivity contribution in [2.45, 2.75) is 26.8 Å². The smallest absolute Gasteiger partial charge is 0.315 e. The summed E-state index contributed by atoms with van der Waals surface area (Å²) in [6.45, 7) is 5.39. The van der Waals surface area contributed by atoms with Crippen LogP contribution in [0.4, 0.5) is 6.01 Å². The first-order valence-electron chi connectivity index (χ1n) is 6.04.